The smallest absolute Gasteiger partial charge is 0.314 e. The normalized spacial score (nSPS) is 25.2. The van der Waals surface area contributed by atoms with Crippen LogP contribution in [0.25, 0.3) is 0 Å². The number of ether oxygens (including phenoxy) is 1. The van der Waals surface area contributed by atoms with Crippen molar-refractivity contribution in [3.8, 4) is 0 Å². The zero-order valence-corrected chi connectivity index (χ0v) is 11.1. The van der Waals surface area contributed by atoms with E-state index in [1.165, 1.54) is 0 Å². The topological polar surface area (TPSA) is 87.7 Å². The molecule has 2 amide bonds. The molecular weight excluding hydrogens is 248 g/mol. The highest BCUT2D eigenvalue weighted by molar-refractivity contribution is 5.78. The van der Waals surface area contributed by atoms with Gasteiger partial charge in [0.1, 0.15) is 0 Å². The van der Waals surface area contributed by atoms with Gasteiger partial charge in [-0.25, -0.2) is 4.79 Å². The Morgan fingerprint density at radius 1 is 1.26 bits per heavy atom. The molecule has 108 valence electrons. The lowest BCUT2D eigenvalue weighted by molar-refractivity contribution is -0.153. The molecule has 2 rings (SSSR count). The number of carbonyl (C=O) groups excluding carboxylic acids is 1. The van der Waals surface area contributed by atoms with Gasteiger partial charge >= 0.3 is 12.0 Å². The van der Waals surface area contributed by atoms with Gasteiger partial charge in [-0.1, -0.05) is 6.42 Å². The van der Waals surface area contributed by atoms with Gasteiger partial charge in [-0.2, -0.15) is 0 Å². The molecule has 3 N–H and O–H groups in total. The second kappa shape index (κ2) is 6.23. The fourth-order valence-electron chi connectivity index (χ4n) is 2.59. The summed E-state index contributed by atoms with van der Waals surface area (Å²) >= 11 is 0. The van der Waals surface area contributed by atoms with E-state index < -0.39 is 11.4 Å². The molecule has 1 heterocycles. The Labute approximate surface area is 112 Å². The average Bonchev–Trinajstić information content (AvgIpc) is 2.36. The first-order valence-corrected chi connectivity index (χ1v) is 6.95. The van der Waals surface area contributed by atoms with E-state index in [0.29, 0.717) is 31.9 Å². The van der Waals surface area contributed by atoms with Crippen LogP contribution in [-0.4, -0.2) is 43.4 Å². The van der Waals surface area contributed by atoms with Crippen LogP contribution in [0.4, 0.5) is 4.79 Å². The second-order valence-electron chi connectivity index (χ2n) is 5.59. The molecule has 1 atom stereocenters. The highest BCUT2D eigenvalue weighted by atomic mass is 16.5. The number of hydrogen-bond donors (Lipinski definition) is 3. The first-order valence-electron chi connectivity index (χ1n) is 6.95. The van der Waals surface area contributed by atoms with Gasteiger partial charge in [-0.3, -0.25) is 4.79 Å². The number of hydrogen-bond acceptors (Lipinski definition) is 3. The summed E-state index contributed by atoms with van der Waals surface area (Å²) in [7, 11) is 0. The molecule has 0 aromatic rings. The maximum atomic E-state index is 11.6. The third-order valence-corrected chi connectivity index (χ3v) is 4.16. The summed E-state index contributed by atoms with van der Waals surface area (Å²) in [5, 5.41) is 14.6. The van der Waals surface area contributed by atoms with Crippen molar-refractivity contribution in [1.82, 2.24) is 10.6 Å². The van der Waals surface area contributed by atoms with Crippen molar-refractivity contribution in [2.45, 2.75) is 32.1 Å². The molecule has 1 aliphatic carbocycles. The van der Waals surface area contributed by atoms with E-state index in [4.69, 9.17) is 9.84 Å². The Morgan fingerprint density at radius 3 is 2.58 bits per heavy atom. The third kappa shape index (κ3) is 3.59. The third-order valence-electron chi connectivity index (χ3n) is 4.16. The number of amides is 2. The van der Waals surface area contributed by atoms with Crippen LogP contribution in [0, 0.1) is 11.3 Å². The molecule has 19 heavy (non-hydrogen) atoms. The van der Waals surface area contributed by atoms with E-state index in [-0.39, 0.29) is 12.6 Å². The molecule has 1 unspecified atom stereocenters. The minimum atomic E-state index is -0.806. The maximum Gasteiger partial charge on any atom is 0.314 e. The summed E-state index contributed by atoms with van der Waals surface area (Å²) in [5.74, 6) is -0.434. The van der Waals surface area contributed by atoms with E-state index in [0.717, 1.165) is 25.9 Å². The molecule has 1 saturated carbocycles. The first kappa shape index (κ1) is 14.1. The second-order valence-corrected chi connectivity index (χ2v) is 5.59. The molecule has 0 spiro atoms. The number of aliphatic carboxylic acids is 1. The molecule has 0 radical (unpaired) electrons. The van der Waals surface area contributed by atoms with Gasteiger partial charge in [0.15, 0.2) is 0 Å². The minimum absolute atomic E-state index is 0.218. The summed E-state index contributed by atoms with van der Waals surface area (Å²) in [6, 6.07) is -0.280. The van der Waals surface area contributed by atoms with Gasteiger partial charge in [0.25, 0.3) is 0 Å². The van der Waals surface area contributed by atoms with E-state index >= 15 is 0 Å². The van der Waals surface area contributed by atoms with Crippen molar-refractivity contribution in [1.29, 1.82) is 0 Å². The summed E-state index contributed by atoms with van der Waals surface area (Å²) in [6.45, 7) is 2.31. The van der Waals surface area contributed by atoms with E-state index in [1.807, 2.05) is 0 Å². The van der Waals surface area contributed by atoms with Crippen LogP contribution in [0.15, 0.2) is 0 Å². The summed E-state index contributed by atoms with van der Waals surface area (Å²) in [6.07, 6.45) is 4.34. The fourth-order valence-corrected chi connectivity index (χ4v) is 2.59. The fraction of sp³-hybridized carbons (Fsp3) is 0.846. The van der Waals surface area contributed by atoms with Crippen LogP contribution in [-0.2, 0) is 9.53 Å². The standard InChI is InChI=1S/C13H22N2O4/c16-11(17)13(4-2-5-13)9-15-12(18)14-7-10-3-1-6-19-8-10/h10H,1-9H2,(H,16,17)(H2,14,15,18). The number of carboxylic acid groups (broad SMARTS) is 1. The van der Waals surface area contributed by atoms with Crippen molar-refractivity contribution in [2.24, 2.45) is 11.3 Å². The monoisotopic (exact) mass is 270 g/mol. The Balaban J connectivity index is 1.65. The van der Waals surface area contributed by atoms with Crippen LogP contribution in [0.5, 0.6) is 0 Å². The molecule has 0 aromatic carbocycles. The predicted octanol–water partition coefficient (Wildman–Crippen LogP) is 0.967. The lowest BCUT2D eigenvalue weighted by Gasteiger charge is -2.37. The van der Waals surface area contributed by atoms with E-state index in [1.54, 1.807) is 0 Å². The van der Waals surface area contributed by atoms with Gasteiger partial charge in [-0.05, 0) is 31.6 Å². The summed E-state index contributed by atoms with van der Waals surface area (Å²) in [5.41, 5.74) is -0.731. The Kier molecular flexibility index (Phi) is 4.63. The summed E-state index contributed by atoms with van der Waals surface area (Å²) in [4.78, 5) is 22.8. The van der Waals surface area contributed by atoms with Crippen LogP contribution in [0.1, 0.15) is 32.1 Å². The molecule has 0 bridgehead atoms. The number of urea groups is 1. The molecule has 1 saturated heterocycles. The number of carbonyl (C=O) groups is 2. The van der Waals surface area contributed by atoms with E-state index in [9.17, 15) is 9.59 Å². The highest BCUT2D eigenvalue weighted by Gasteiger charge is 2.44. The Bertz CT molecular complexity index is 336. The average molecular weight is 270 g/mol. The van der Waals surface area contributed by atoms with Crippen molar-refractivity contribution in [3.63, 3.8) is 0 Å². The summed E-state index contributed by atoms with van der Waals surface area (Å²) < 4.78 is 5.34. The largest absolute Gasteiger partial charge is 0.481 e. The lowest BCUT2D eigenvalue weighted by atomic mass is 9.69. The maximum absolute atomic E-state index is 11.6. The quantitative estimate of drug-likeness (QED) is 0.694. The molecular formula is C13H22N2O4. The first-order chi connectivity index (χ1) is 9.12. The van der Waals surface area contributed by atoms with Crippen LogP contribution in [0.2, 0.25) is 0 Å². The van der Waals surface area contributed by atoms with Crippen LogP contribution >= 0.6 is 0 Å². The lowest BCUT2D eigenvalue weighted by Crippen LogP contribution is -2.50. The minimum Gasteiger partial charge on any atom is -0.481 e. The van der Waals surface area contributed by atoms with Gasteiger partial charge in [0.05, 0.1) is 12.0 Å². The van der Waals surface area contributed by atoms with Gasteiger partial charge in [-0.15, -0.1) is 0 Å². The van der Waals surface area contributed by atoms with Crippen LogP contribution in [0.3, 0.4) is 0 Å². The Hall–Kier alpha value is -1.30. The van der Waals surface area contributed by atoms with Gasteiger partial charge in [0, 0.05) is 19.7 Å². The number of carboxylic acids is 1. The number of rotatable bonds is 5. The van der Waals surface area contributed by atoms with Crippen molar-refractivity contribution in [2.75, 3.05) is 26.3 Å². The molecule has 2 aliphatic rings. The predicted molar refractivity (Wildman–Crippen MR) is 68.9 cm³/mol. The van der Waals surface area contributed by atoms with Crippen molar-refractivity contribution < 1.29 is 19.4 Å². The van der Waals surface area contributed by atoms with Gasteiger partial charge < -0.3 is 20.5 Å². The molecule has 6 nitrogen and oxygen atoms in total. The molecule has 0 aromatic heterocycles. The van der Waals surface area contributed by atoms with Crippen LogP contribution < -0.4 is 10.6 Å². The number of nitrogens with one attached hydrogen (secondary N) is 2. The zero-order chi connectivity index (χ0) is 13.7. The SMILES string of the molecule is O=C(NCC1CCCOC1)NCC1(C(=O)O)CCC1. The molecule has 6 heteroatoms. The highest BCUT2D eigenvalue weighted by Crippen LogP contribution is 2.40. The van der Waals surface area contributed by atoms with Crippen molar-refractivity contribution >= 4 is 12.0 Å². The molecule has 2 fully saturated rings. The zero-order valence-electron chi connectivity index (χ0n) is 11.1. The Morgan fingerprint density at radius 2 is 2.05 bits per heavy atom. The van der Waals surface area contributed by atoms with Gasteiger partial charge in [0.2, 0.25) is 0 Å². The van der Waals surface area contributed by atoms with E-state index in [2.05, 4.69) is 10.6 Å². The van der Waals surface area contributed by atoms with Crippen molar-refractivity contribution in [3.05, 3.63) is 0 Å². The molecule has 1 aliphatic heterocycles.